The van der Waals surface area contributed by atoms with Gasteiger partial charge in [0, 0.05) is 12.6 Å². The van der Waals surface area contributed by atoms with E-state index in [-0.39, 0.29) is 4.83 Å². The standard InChI is InChI=1S/C10H16BrNO/c11-9-6-3-7-12(10(9)13)8-4-1-2-5-8/h8-9H,1-7H2. The van der Waals surface area contributed by atoms with Crippen LogP contribution in [0.2, 0.25) is 0 Å². The smallest absolute Gasteiger partial charge is 0.236 e. The highest BCUT2D eigenvalue weighted by Gasteiger charge is 2.32. The molecule has 0 aromatic carbocycles. The fraction of sp³-hybridized carbons (Fsp3) is 0.900. The highest BCUT2D eigenvalue weighted by Crippen LogP contribution is 2.28. The van der Waals surface area contributed by atoms with Crippen LogP contribution in [0.4, 0.5) is 0 Å². The second-order valence-corrected chi connectivity index (χ2v) is 5.18. The molecule has 0 aromatic rings. The summed E-state index contributed by atoms with van der Waals surface area (Å²) in [5, 5.41) is 0. The number of halogens is 1. The Hall–Kier alpha value is -0.0500. The van der Waals surface area contributed by atoms with Gasteiger partial charge in [0.1, 0.15) is 0 Å². The van der Waals surface area contributed by atoms with Gasteiger partial charge in [0.25, 0.3) is 0 Å². The molecule has 0 radical (unpaired) electrons. The van der Waals surface area contributed by atoms with Gasteiger partial charge in [-0.15, -0.1) is 0 Å². The number of rotatable bonds is 1. The van der Waals surface area contributed by atoms with Crippen molar-refractivity contribution in [3.05, 3.63) is 0 Å². The number of hydrogen-bond acceptors (Lipinski definition) is 1. The molecule has 2 fully saturated rings. The van der Waals surface area contributed by atoms with Crippen LogP contribution in [-0.4, -0.2) is 28.2 Å². The van der Waals surface area contributed by atoms with Crippen LogP contribution < -0.4 is 0 Å². The van der Waals surface area contributed by atoms with Gasteiger partial charge < -0.3 is 4.90 Å². The van der Waals surface area contributed by atoms with Crippen LogP contribution in [0.3, 0.4) is 0 Å². The number of amides is 1. The summed E-state index contributed by atoms with van der Waals surface area (Å²) in [7, 11) is 0. The fourth-order valence-electron chi connectivity index (χ4n) is 2.43. The minimum Gasteiger partial charge on any atom is -0.339 e. The zero-order chi connectivity index (χ0) is 9.26. The maximum absolute atomic E-state index is 11.8. The number of hydrogen-bond donors (Lipinski definition) is 0. The van der Waals surface area contributed by atoms with Crippen LogP contribution in [0, 0.1) is 0 Å². The second-order valence-electron chi connectivity index (χ2n) is 4.08. The number of nitrogens with zero attached hydrogens (tertiary/aromatic N) is 1. The Morgan fingerprint density at radius 2 is 1.85 bits per heavy atom. The Labute approximate surface area is 87.8 Å². The fourth-order valence-corrected chi connectivity index (χ4v) is 3.02. The third-order valence-electron chi connectivity index (χ3n) is 3.17. The van der Waals surface area contributed by atoms with Crippen molar-refractivity contribution in [3.8, 4) is 0 Å². The molecule has 3 heteroatoms. The molecule has 0 spiro atoms. The average Bonchev–Trinajstić information content (AvgIpc) is 2.62. The third-order valence-corrected chi connectivity index (χ3v) is 4.02. The highest BCUT2D eigenvalue weighted by atomic mass is 79.9. The van der Waals surface area contributed by atoms with Gasteiger partial charge >= 0.3 is 0 Å². The van der Waals surface area contributed by atoms with Crippen molar-refractivity contribution in [2.75, 3.05) is 6.54 Å². The predicted octanol–water partition coefficient (Wildman–Crippen LogP) is 2.31. The van der Waals surface area contributed by atoms with Crippen molar-refractivity contribution in [1.29, 1.82) is 0 Å². The second kappa shape index (κ2) is 3.99. The number of carbonyl (C=O) groups is 1. The SMILES string of the molecule is O=C1C(Br)CCCN1C1CCCC1. The van der Waals surface area contributed by atoms with E-state index in [9.17, 15) is 4.79 Å². The van der Waals surface area contributed by atoms with Gasteiger partial charge in [-0.25, -0.2) is 0 Å². The number of likely N-dealkylation sites (tertiary alicyclic amines) is 1. The van der Waals surface area contributed by atoms with E-state index in [2.05, 4.69) is 20.8 Å². The Bertz CT molecular complexity index is 201. The van der Waals surface area contributed by atoms with E-state index in [4.69, 9.17) is 0 Å². The molecule has 1 saturated heterocycles. The largest absolute Gasteiger partial charge is 0.339 e. The molecule has 74 valence electrons. The maximum atomic E-state index is 11.8. The van der Waals surface area contributed by atoms with Crippen molar-refractivity contribution in [2.45, 2.75) is 49.4 Å². The monoisotopic (exact) mass is 245 g/mol. The van der Waals surface area contributed by atoms with Gasteiger partial charge in [-0.1, -0.05) is 28.8 Å². The molecule has 1 aliphatic carbocycles. The Balaban J connectivity index is 2.00. The number of carbonyl (C=O) groups excluding carboxylic acids is 1. The molecule has 1 saturated carbocycles. The lowest BCUT2D eigenvalue weighted by Crippen LogP contribution is -2.46. The summed E-state index contributed by atoms with van der Waals surface area (Å²) in [5.74, 6) is 0.332. The van der Waals surface area contributed by atoms with E-state index < -0.39 is 0 Å². The first-order valence-electron chi connectivity index (χ1n) is 5.23. The van der Waals surface area contributed by atoms with Crippen LogP contribution in [0.5, 0.6) is 0 Å². The maximum Gasteiger partial charge on any atom is 0.236 e. The van der Waals surface area contributed by atoms with Crippen molar-refractivity contribution in [2.24, 2.45) is 0 Å². The molecular formula is C10H16BrNO. The summed E-state index contributed by atoms with van der Waals surface area (Å²) in [6.07, 6.45) is 7.25. The first-order chi connectivity index (χ1) is 6.29. The van der Waals surface area contributed by atoms with Gasteiger partial charge in [0.15, 0.2) is 0 Å². The van der Waals surface area contributed by atoms with Gasteiger partial charge in [-0.2, -0.15) is 0 Å². The molecule has 13 heavy (non-hydrogen) atoms. The summed E-state index contributed by atoms with van der Waals surface area (Å²) >= 11 is 3.45. The van der Waals surface area contributed by atoms with E-state index in [0.717, 1.165) is 19.4 Å². The minimum absolute atomic E-state index is 0.0989. The van der Waals surface area contributed by atoms with Gasteiger partial charge in [0.05, 0.1) is 4.83 Å². The molecule has 0 aromatic heterocycles. The first kappa shape index (κ1) is 9.50. The highest BCUT2D eigenvalue weighted by molar-refractivity contribution is 9.10. The Morgan fingerprint density at radius 3 is 2.54 bits per heavy atom. The summed E-state index contributed by atoms with van der Waals surface area (Å²) in [5.41, 5.74) is 0. The van der Waals surface area contributed by atoms with E-state index in [0.29, 0.717) is 11.9 Å². The van der Waals surface area contributed by atoms with Crippen LogP contribution >= 0.6 is 15.9 Å². The lowest BCUT2D eigenvalue weighted by Gasteiger charge is -2.34. The van der Waals surface area contributed by atoms with E-state index in [1.165, 1.54) is 25.7 Å². The quantitative estimate of drug-likeness (QED) is 0.650. The first-order valence-corrected chi connectivity index (χ1v) is 6.15. The molecule has 0 N–H and O–H groups in total. The van der Waals surface area contributed by atoms with E-state index in [1.54, 1.807) is 0 Å². The van der Waals surface area contributed by atoms with E-state index >= 15 is 0 Å². The van der Waals surface area contributed by atoms with Gasteiger partial charge in [-0.3, -0.25) is 4.79 Å². The lowest BCUT2D eigenvalue weighted by atomic mass is 10.1. The molecular weight excluding hydrogens is 230 g/mol. The summed E-state index contributed by atoms with van der Waals surface area (Å²) in [6, 6.07) is 0.563. The zero-order valence-electron chi connectivity index (χ0n) is 7.84. The molecule has 2 nitrogen and oxygen atoms in total. The average molecular weight is 246 g/mol. The van der Waals surface area contributed by atoms with Crippen molar-refractivity contribution in [3.63, 3.8) is 0 Å². The normalized spacial score (nSPS) is 31.3. The Morgan fingerprint density at radius 1 is 1.15 bits per heavy atom. The van der Waals surface area contributed by atoms with Crippen molar-refractivity contribution >= 4 is 21.8 Å². The zero-order valence-corrected chi connectivity index (χ0v) is 9.42. The molecule has 1 amide bonds. The number of alkyl halides is 1. The van der Waals surface area contributed by atoms with Crippen LogP contribution in [0.15, 0.2) is 0 Å². The van der Waals surface area contributed by atoms with Crippen molar-refractivity contribution < 1.29 is 4.79 Å². The summed E-state index contributed by atoms with van der Waals surface area (Å²) in [6.45, 7) is 0.992. The summed E-state index contributed by atoms with van der Waals surface area (Å²) < 4.78 is 0. The van der Waals surface area contributed by atoms with Gasteiger partial charge in [0.2, 0.25) is 5.91 Å². The van der Waals surface area contributed by atoms with Crippen LogP contribution in [0.1, 0.15) is 38.5 Å². The molecule has 2 aliphatic rings. The Kier molecular flexibility index (Phi) is 2.92. The molecule has 0 bridgehead atoms. The molecule has 1 atom stereocenters. The van der Waals surface area contributed by atoms with Gasteiger partial charge in [-0.05, 0) is 25.7 Å². The molecule has 1 heterocycles. The summed E-state index contributed by atoms with van der Waals surface area (Å²) in [4.78, 5) is 14.0. The predicted molar refractivity (Wildman–Crippen MR) is 55.9 cm³/mol. The minimum atomic E-state index is 0.0989. The molecule has 1 unspecified atom stereocenters. The topological polar surface area (TPSA) is 20.3 Å². The van der Waals surface area contributed by atoms with Crippen molar-refractivity contribution in [1.82, 2.24) is 4.90 Å². The third kappa shape index (κ3) is 1.90. The molecule has 1 aliphatic heterocycles. The van der Waals surface area contributed by atoms with Crippen LogP contribution in [0.25, 0.3) is 0 Å². The van der Waals surface area contributed by atoms with Crippen LogP contribution in [-0.2, 0) is 4.79 Å². The molecule has 2 rings (SSSR count). The van der Waals surface area contributed by atoms with E-state index in [1.807, 2.05) is 0 Å². The lowest BCUT2D eigenvalue weighted by molar-refractivity contribution is -0.134. The number of piperidine rings is 1.